The van der Waals surface area contributed by atoms with Gasteiger partial charge in [0.15, 0.2) is 0 Å². The number of hydrogen-bond donors (Lipinski definition) is 1. The lowest BCUT2D eigenvalue weighted by Crippen LogP contribution is -2.46. The fraction of sp³-hybridized carbons (Fsp3) is 0.444. The molecule has 228 valence electrons. The predicted molar refractivity (Wildman–Crippen MR) is 170 cm³/mol. The van der Waals surface area contributed by atoms with Crippen molar-refractivity contribution in [2.45, 2.75) is 70.9 Å². The first kappa shape index (κ1) is 30.7. The Kier molecular flexibility index (Phi) is 9.21. The van der Waals surface area contributed by atoms with Gasteiger partial charge in [0, 0.05) is 44.2 Å². The van der Waals surface area contributed by atoms with Crippen LogP contribution in [-0.2, 0) is 14.9 Å². The van der Waals surface area contributed by atoms with Crippen LogP contribution in [-0.4, -0.2) is 49.6 Å². The van der Waals surface area contributed by atoms with E-state index in [1.54, 1.807) is 24.0 Å². The minimum absolute atomic E-state index is 0.0610. The second kappa shape index (κ2) is 12.9. The lowest BCUT2D eigenvalue weighted by atomic mass is 9.83. The van der Waals surface area contributed by atoms with Gasteiger partial charge in [-0.2, -0.15) is 0 Å². The highest BCUT2D eigenvalue weighted by Crippen LogP contribution is 2.39. The van der Waals surface area contributed by atoms with Crippen LogP contribution in [0.3, 0.4) is 0 Å². The van der Waals surface area contributed by atoms with Gasteiger partial charge >= 0.3 is 0 Å². The maximum absolute atomic E-state index is 15.0. The highest BCUT2D eigenvalue weighted by molar-refractivity contribution is 5.98. The third-order valence-electron chi connectivity index (χ3n) is 9.04. The fourth-order valence-electron chi connectivity index (χ4n) is 6.45. The van der Waals surface area contributed by atoms with Gasteiger partial charge in [0.2, 0.25) is 5.91 Å². The number of carbonyl (C=O) groups is 2. The molecule has 0 aromatic heterocycles. The van der Waals surface area contributed by atoms with E-state index in [-0.39, 0.29) is 22.8 Å². The molecule has 2 aliphatic heterocycles. The molecule has 0 saturated carbocycles. The van der Waals surface area contributed by atoms with Crippen molar-refractivity contribution >= 4 is 23.2 Å². The molecular formula is C36H44FN3O3. The van der Waals surface area contributed by atoms with E-state index in [1.165, 1.54) is 6.07 Å². The third-order valence-corrected chi connectivity index (χ3v) is 9.04. The summed E-state index contributed by atoms with van der Waals surface area (Å²) in [7, 11) is 2.10. The number of halogens is 1. The molecule has 2 aliphatic rings. The Morgan fingerprint density at radius 2 is 1.67 bits per heavy atom. The molecule has 2 amide bonds. The first-order chi connectivity index (χ1) is 20.5. The zero-order chi connectivity index (χ0) is 30.7. The van der Waals surface area contributed by atoms with Crippen molar-refractivity contribution in [3.63, 3.8) is 0 Å². The summed E-state index contributed by atoms with van der Waals surface area (Å²) in [6.45, 7) is 10.1. The molecule has 43 heavy (non-hydrogen) atoms. The lowest BCUT2D eigenvalue weighted by molar-refractivity contribution is -0.123. The van der Waals surface area contributed by atoms with Gasteiger partial charge in [0.1, 0.15) is 5.82 Å². The number of aryl methyl sites for hydroxylation is 1. The van der Waals surface area contributed by atoms with Crippen molar-refractivity contribution in [2.24, 2.45) is 5.92 Å². The Morgan fingerprint density at radius 3 is 2.35 bits per heavy atom. The van der Waals surface area contributed by atoms with Crippen LogP contribution in [0.5, 0.6) is 0 Å². The summed E-state index contributed by atoms with van der Waals surface area (Å²) in [6.07, 6.45) is 3.23. The highest BCUT2D eigenvalue weighted by atomic mass is 19.1. The van der Waals surface area contributed by atoms with E-state index in [9.17, 15) is 9.59 Å². The Hall–Kier alpha value is -3.71. The molecule has 2 unspecified atom stereocenters. The topological polar surface area (TPSA) is 61.9 Å². The number of nitrogens with one attached hydrogen (secondary N) is 1. The number of rotatable bonds is 6. The number of amides is 2. The molecule has 0 spiro atoms. The molecule has 3 aromatic rings. The maximum atomic E-state index is 15.0. The summed E-state index contributed by atoms with van der Waals surface area (Å²) < 4.78 is 20.6. The Morgan fingerprint density at radius 1 is 0.977 bits per heavy atom. The van der Waals surface area contributed by atoms with E-state index < -0.39 is 17.8 Å². The van der Waals surface area contributed by atoms with Crippen LogP contribution >= 0.6 is 0 Å². The van der Waals surface area contributed by atoms with Crippen molar-refractivity contribution in [1.29, 1.82) is 0 Å². The Balaban J connectivity index is 1.48. The molecule has 0 aliphatic carbocycles. The van der Waals surface area contributed by atoms with Crippen LogP contribution in [0.15, 0.2) is 66.7 Å². The number of carbonyl (C=O) groups excluding carboxylic acids is 2. The van der Waals surface area contributed by atoms with Crippen LogP contribution < -0.4 is 10.2 Å². The van der Waals surface area contributed by atoms with Crippen LogP contribution in [0.4, 0.5) is 15.8 Å². The average Bonchev–Trinajstić information content (AvgIpc) is 3.00. The van der Waals surface area contributed by atoms with E-state index in [0.29, 0.717) is 31.0 Å². The minimum atomic E-state index is -0.539. The van der Waals surface area contributed by atoms with Crippen LogP contribution in [0, 0.1) is 18.7 Å². The summed E-state index contributed by atoms with van der Waals surface area (Å²) in [5.74, 6) is -1.55. The number of anilines is 2. The summed E-state index contributed by atoms with van der Waals surface area (Å²) >= 11 is 0. The zero-order valence-corrected chi connectivity index (χ0v) is 26.0. The summed E-state index contributed by atoms with van der Waals surface area (Å²) in [5.41, 5.74) is 4.41. The van der Waals surface area contributed by atoms with Crippen molar-refractivity contribution in [2.75, 3.05) is 37.0 Å². The molecule has 0 radical (unpaired) electrons. The molecule has 0 bridgehead atoms. The van der Waals surface area contributed by atoms with E-state index in [4.69, 9.17) is 4.74 Å². The molecule has 2 fully saturated rings. The van der Waals surface area contributed by atoms with Gasteiger partial charge < -0.3 is 19.9 Å². The highest BCUT2D eigenvalue weighted by Gasteiger charge is 2.40. The first-order valence-electron chi connectivity index (χ1n) is 15.4. The van der Waals surface area contributed by atoms with Crippen molar-refractivity contribution in [3.05, 3.63) is 94.8 Å². The molecule has 2 heterocycles. The molecule has 3 aromatic carbocycles. The quantitative estimate of drug-likeness (QED) is 0.330. The second-order valence-electron chi connectivity index (χ2n) is 13.0. The van der Waals surface area contributed by atoms with Crippen LogP contribution in [0.2, 0.25) is 0 Å². The first-order valence-corrected chi connectivity index (χ1v) is 15.4. The normalized spacial score (nSPS) is 19.6. The molecule has 7 heteroatoms. The third kappa shape index (κ3) is 6.77. The van der Waals surface area contributed by atoms with E-state index in [0.717, 1.165) is 48.6 Å². The number of piperidine rings is 1. The number of likely N-dealkylation sites (tertiary alicyclic amines) is 1. The molecule has 2 saturated heterocycles. The maximum Gasteiger partial charge on any atom is 0.257 e. The van der Waals surface area contributed by atoms with Crippen LogP contribution in [0.25, 0.3) is 0 Å². The average molecular weight is 586 g/mol. The van der Waals surface area contributed by atoms with Gasteiger partial charge in [-0.25, -0.2) is 4.39 Å². The monoisotopic (exact) mass is 585 g/mol. The smallest absolute Gasteiger partial charge is 0.257 e. The molecule has 1 N–H and O–H groups in total. The van der Waals surface area contributed by atoms with Crippen molar-refractivity contribution in [1.82, 2.24) is 4.90 Å². The second-order valence-corrected chi connectivity index (χ2v) is 13.0. The largest absolute Gasteiger partial charge is 0.381 e. The Bertz CT molecular complexity index is 1420. The van der Waals surface area contributed by atoms with Gasteiger partial charge in [-0.1, -0.05) is 57.2 Å². The molecule has 5 rings (SSSR count). The Labute approximate surface area is 255 Å². The predicted octanol–water partition coefficient (Wildman–Crippen LogP) is 7.28. The molecule has 6 nitrogen and oxygen atoms in total. The van der Waals surface area contributed by atoms with Gasteiger partial charge in [0.25, 0.3) is 5.91 Å². The van der Waals surface area contributed by atoms with E-state index in [2.05, 4.69) is 56.2 Å². The van der Waals surface area contributed by atoms with E-state index >= 15 is 4.39 Å². The van der Waals surface area contributed by atoms with Crippen molar-refractivity contribution in [3.8, 4) is 0 Å². The minimum Gasteiger partial charge on any atom is -0.381 e. The van der Waals surface area contributed by atoms with Crippen molar-refractivity contribution < 1.29 is 18.7 Å². The van der Waals surface area contributed by atoms with Gasteiger partial charge in [-0.3, -0.25) is 9.59 Å². The SMILES string of the molecule is Cc1cccc(F)c1C(=O)N1CCCC(C(=O)Nc2cccc(C(C)(C)C)c2)C1c1ccc(N(C)C2CCOCC2)cc1. The number of nitrogens with zero attached hydrogens (tertiary/aromatic N) is 2. The zero-order valence-electron chi connectivity index (χ0n) is 26.0. The molecule has 2 atom stereocenters. The number of ether oxygens (including phenoxy) is 1. The summed E-state index contributed by atoms with van der Waals surface area (Å²) in [4.78, 5) is 32.0. The lowest BCUT2D eigenvalue weighted by Gasteiger charge is -2.41. The van der Waals surface area contributed by atoms with Crippen LogP contribution in [0.1, 0.15) is 79.5 Å². The van der Waals surface area contributed by atoms with Gasteiger partial charge in [-0.15, -0.1) is 0 Å². The standard InChI is InChI=1S/C36H44FN3O3/c1-24-9-6-13-31(37)32(24)35(42)40-20-8-12-30(34(41)38-27-11-7-10-26(23-27)36(2,3)4)33(40)25-14-16-28(17-15-25)39(5)29-18-21-43-22-19-29/h6-7,9-11,13-17,23,29-30,33H,8,12,18-22H2,1-5H3,(H,38,41). The number of benzene rings is 3. The summed E-state index contributed by atoms with van der Waals surface area (Å²) in [5, 5.41) is 3.15. The summed E-state index contributed by atoms with van der Waals surface area (Å²) in [6, 6.07) is 20.7. The van der Waals surface area contributed by atoms with Gasteiger partial charge in [-0.05, 0) is 85.0 Å². The molecular weight excluding hydrogens is 541 g/mol. The van der Waals surface area contributed by atoms with E-state index in [1.807, 2.05) is 30.3 Å². The number of hydrogen-bond acceptors (Lipinski definition) is 4. The van der Waals surface area contributed by atoms with Gasteiger partial charge in [0.05, 0.1) is 17.5 Å². The fourth-order valence-corrected chi connectivity index (χ4v) is 6.45.